The van der Waals surface area contributed by atoms with Crippen LogP contribution >= 0.6 is 22.7 Å². The molecule has 2 aromatic carbocycles. The topological polar surface area (TPSA) is 76.6 Å². The number of nitrogens with zero attached hydrogens (tertiary/aromatic N) is 3. The first-order valence-electron chi connectivity index (χ1n) is 10.8. The molecule has 2 aromatic heterocycles. The molecule has 0 aliphatic carbocycles. The van der Waals surface area contributed by atoms with E-state index in [1.165, 1.54) is 16.9 Å². The Morgan fingerprint density at radius 1 is 1.15 bits per heavy atom. The summed E-state index contributed by atoms with van der Waals surface area (Å²) in [4.78, 5) is 24.1. The van der Waals surface area contributed by atoms with Crippen LogP contribution in [0.15, 0.2) is 47.8 Å². The Morgan fingerprint density at radius 2 is 1.97 bits per heavy atom. The van der Waals surface area contributed by atoms with Crippen molar-refractivity contribution in [3.05, 3.63) is 64.1 Å². The quantitative estimate of drug-likeness (QED) is 0.415. The number of carbonyl (C=O) groups excluding carboxylic acids is 1. The van der Waals surface area contributed by atoms with E-state index in [0.717, 1.165) is 63.8 Å². The van der Waals surface area contributed by atoms with Crippen molar-refractivity contribution >= 4 is 49.6 Å². The SMILES string of the molecule is Cc1ccc(OCc2nc(CC(=O)Nc3ccc4nc(N5CCOCC5)sc4c3)cs2)cc1. The van der Waals surface area contributed by atoms with Gasteiger partial charge in [0.25, 0.3) is 0 Å². The first-order valence-corrected chi connectivity index (χ1v) is 12.5. The Kier molecular flexibility index (Phi) is 6.52. The highest BCUT2D eigenvalue weighted by Gasteiger charge is 2.16. The number of carbonyl (C=O) groups is 1. The van der Waals surface area contributed by atoms with Crippen molar-refractivity contribution in [2.45, 2.75) is 20.0 Å². The van der Waals surface area contributed by atoms with Gasteiger partial charge in [0.2, 0.25) is 5.91 Å². The summed E-state index contributed by atoms with van der Waals surface area (Å²) in [6.07, 6.45) is 0.223. The molecule has 3 heterocycles. The standard InChI is InChI=1S/C24H24N4O3S2/c1-16-2-5-19(6-3-16)31-14-23-26-18(15-32-23)13-22(29)25-17-4-7-20-21(12-17)33-24(27-20)28-8-10-30-11-9-28/h2-7,12,15H,8-11,13-14H2,1H3,(H,25,29). The zero-order valence-corrected chi connectivity index (χ0v) is 19.9. The van der Waals surface area contributed by atoms with E-state index in [1.807, 2.05) is 54.8 Å². The van der Waals surface area contributed by atoms with Crippen LogP contribution in [0.5, 0.6) is 5.75 Å². The summed E-state index contributed by atoms with van der Waals surface area (Å²) in [5.41, 5.74) is 3.64. The molecule has 170 valence electrons. The highest BCUT2D eigenvalue weighted by molar-refractivity contribution is 7.22. The number of hydrogen-bond acceptors (Lipinski definition) is 8. The summed E-state index contributed by atoms with van der Waals surface area (Å²) in [5.74, 6) is 0.717. The van der Waals surface area contributed by atoms with Gasteiger partial charge in [0, 0.05) is 24.2 Å². The highest BCUT2D eigenvalue weighted by Crippen LogP contribution is 2.31. The van der Waals surface area contributed by atoms with E-state index in [-0.39, 0.29) is 12.3 Å². The fraction of sp³-hybridized carbons (Fsp3) is 0.292. The van der Waals surface area contributed by atoms with Crippen molar-refractivity contribution < 1.29 is 14.3 Å². The summed E-state index contributed by atoms with van der Waals surface area (Å²) in [6, 6.07) is 13.7. The van der Waals surface area contributed by atoms with Crippen LogP contribution in [0.4, 0.5) is 10.8 Å². The smallest absolute Gasteiger partial charge is 0.230 e. The maximum atomic E-state index is 12.6. The lowest BCUT2D eigenvalue weighted by Crippen LogP contribution is -2.36. The Bertz CT molecular complexity index is 1250. The number of fused-ring (bicyclic) bond motifs is 1. The van der Waals surface area contributed by atoms with Gasteiger partial charge in [-0.25, -0.2) is 9.97 Å². The summed E-state index contributed by atoms with van der Waals surface area (Å²) in [5, 5.41) is 6.74. The van der Waals surface area contributed by atoms with Crippen molar-refractivity contribution in [1.82, 2.24) is 9.97 Å². The molecule has 4 aromatic rings. The molecule has 0 atom stereocenters. The van der Waals surface area contributed by atoms with Crippen molar-refractivity contribution in [1.29, 1.82) is 0 Å². The first-order chi connectivity index (χ1) is 16.1. The van der Waals surface area contributed by atoms with E-state index in [2.05, 4.69) is 15.2 Å². The Balaban J connectivity index is 1.17. The number of ether oxygens (including phenoxy) is 2. The van der Waals surface area contributed by atoms with Crippen molar-refractivity contribution in [2.75, 3.05) is 36.5 Å². The molecule has 0 radical (unpaired) electrons. The number of aromatic nitrogens is 2. The minimum absolute atomic E-state index is 0.0939. The molecule has 0 unspecified atom stereocenters. The second-order valence-corrected chi connectivity index (χ2v) is 9.79. The molecular weight excluding hydrogens is 456 g/mol. The van der Waals surface area contributed by atoms with Crippen molar-refractivity contribution in [3.63, 3.8) is 0 Å². The van der Waals surface area contributed by atoms with E-state index in [0.29, 0.717) is 6.61 Å². The van der Waals surface area contributed by atoms with Gasteiger partial charge < -0.3 is 19.7 Å². The molecule has 9 heteroatoms. The van der Waals surface area contributed by atoms with Crippen LogP contribution in [0.3, 0.4) is 0 Å². The number of nitrogens with one attached hydrogen (secondary N) is 1. The van der Waals surface area contributed by atoms with Gasteiger partial charge in [-0.15, -0.1) is 11.3 Å². The molecule has 1 amide bonds. The summed E-state index contributed by atoms with van der Waals surface area (Å²) in [7, 11) is 0. The summed E-state index contributed by atoms with van der Waals surface area (Å²) < 4.78 is 12.3. The van der Waals surface area contributed by atoms with Gasteiger partial charge in [0.05, 0.1) is 35.5 Å². The van der Waals surface area contributed by atoms with Gasteiger partial charge in [-0.3, -0.25) is 4.79 Å². The molecular formula is C24H24N4O3S2. The van der Waals surface area contributed by atoms with Gasteiger partial charge in [-0.2, -0.15) is 0 Å². The van der Waals surface area contributed by atoms with E-state index in [9.17, 15) is 4.79 Å². The predicted molar refractivity (Wildman–Crippen MR) is 133 cm³/mol. The summed E-state index contributed by atoms with van der Waals surface area (Å²) in [6.45, 7) is 5.61. The Labute approximate surface area is 200 Å². The van der Waals surface area contributed by atoms with Crippen LogP contribution in [0.1, 0.15) is 16.3 Å². The van der Waals surface area contributed by atoms with Crippen LogP contribution in [-0.4, -0.2) is 42.2 Å². The third-order valence-electron chi connectivity index (χ3n) is 5.27. The Morgan fingerprint density at radius 3 is 2.79 bits per heavy atom. The Hall–Kier alpha value is -3.01. The number of benzene rings is 2. The van der Waals surface area contributed by atoms with E-state index >= 15 is 0 Å². The molecule has 1 N–H and O–H groups in total. The normalized spacial score (nSPS) is 13.9. The van der Waals surface area contributed by atoms with Crippen LogP contribution < -0.4 is 15.0 Å². The lowest BCUT2D eigenvalue weighted by atomic mass is 10.2. The van der Waals surface area contributed by atoms with E-state index < -0.39 is 0 Å². The van der Waals surface area contributed by atoms with Crippen molar-refractivity contribution in [2.24, 2.45) is 0 Å². The van der Waals surface area contributed by atoms with Gasteiger partial charge >= 0.3 is 0 Å². The lowest BCUT2D eigenvalue weighted by molar-refractivity contribution is -0.115. The van der Waals surface area contributed by atoms with Gasteiger partial charge in [0.15, 0.2) is 5.13 Å². The molecule has 1 aliphatic heterocycles. The lowest BCUT2D eigenvalue weighted by Gasteiger charge is -2.25. The minimum Gasteiger partial charge on any atom is -0.486 e. The number of hydrogen-bond donors (Lipinski definition) is 1. The molecule has 1 fully saturated rings. The maximum Gasteiger partial charge on any atom is 0.230 e. The molecule has 0 bridgehead atoms. The number of aryl methyl sites for hydroxylation is 1. The van der Waals surface area contributed by atoms with Gasteiger partial charge in [-0.05, 0) is 37.3 Å². The minimum atomic E-state index is -0.0939. The fourth-order valence-corrected chi connectivity index (χ4v) is 5.29. The van der Waals surface area contributed by atoms with E-state index in [1.54, 1.807) is 11.3 Å². The second kappa shape index (κ2) is 9.86. The predicted octanol–water partition coefficient (Wildman–Crippen LogP) is 4.66. The van der Waals surface area contributed by atoms with Crippen LogP contribution in [0, 0.1) is 6.92 Å². The number of anilines is 2. The number of rotatable bonds is 7. The molecule has 1 aliphatic rings. The third-order valence-corrected chi connectivity index (χ3v) is 7.22. The average Bonchev–Trinajstić information content (AvgIpc) is 3.46. The van der Waals surface area contributed by atoms with Crippen molar-refractivity contribution in [3.8, 4) is 5.75 Å². The van der Waals surface area contributed by atoms with E-state index in [4.69, 9.17) is 14.5 Å². The van der Waals surface area contributed by atoms with Crippen LogP contribution in [-0.2, 0) is 22.6 Å². The van der Waals surface area contributed by atoms with Gasteiger partial charge in [0.1, 0.15) is 17.4 Å². The van der Waals surface area contributed by atoms with Gasteiger partial charge in [-0.1, -0.05) is 29.0 Å². The largest absolute Gasteiger partial charge is 0.486 e. The third kappa shape index (κ3) is 5.50. The fourth-order valence-electron chi connectivity index (χ4n) is 3.53. The zero-order valence-electron chi connectivity index (χ0n) is 18.2. The molecule has 1 saturated heterocycles. The van der Waals surface area contributed by atoms with Crippen LogP contribution in [0.2, 0.25) is 0 Å². The molecule has 0 spiro atoms. The first kappa shape index (κ1) is 21.8. The number of amides is 1. The molecule has 7 nitrogen and oxygen atoms in total. The maximum absolute atomic E-state index is 12.6. The monoisotopic (exact) mass is 480 g/mol. The number of morpholine rings is 1. The summed E-state index contributed by atoms with van der Waals surface area (Å²) >= 11 is 3.14. The zero-order chi connectivity index (χ0) is 22.6. The highest BCUT2D eigenvalue weighted by atomic mass is 32.1. The molecule has 33 heavy (non-hydrogen) atoms. The second-order valence-electron chi connectivity index (χ2n) is 7.84. The molecule has 0 saturated carbocycles. The van der Waals surface area contributed by atoms with Crippen LogP contribution in [0.25, 0.3) is 10.2 Å². The number of thiazole rings is 2. The average molecular weight is 481 g/mol. The molecule has 5 rings (SSSR count).